The molecule has 0 aliphatic rings. The summed E-state index contributed by atoms with van der Waals surface area (Å²) in [5, 5.41) is 2.85. The van der Waals surface area contributed by atoms with E-state index in [9.17, 15) is 0 Å². The lowest BCUT2D eigenvalue weighted by molar-refractivity contribution is 1.36. The summed E-state index contributed by atoms with van der Waals surface area (Å²) < 4.78 is 0. The molecule has 0 nitrogen and oxygen atoms in total. The number of halogens is 1. The van der Waals surface area contributed by atoms with Crippen LogP contribution in [0.3, 0.4) is 0 Å². The standard InChI is InChI=1S/2C2H5.Al.BrH/c2*1-2;;/h2*1H2,2H3;;1H. The molecule has 0 aromatic heterocycles. The zero-order chi connectivity index (χ0) is 4.12. The van der Waals surface area contributed by atoms with E-state index in [4.69, 9.17) is 0 Å². The van der Waals surface area contributed by atoms with E-state index >= 15 is 0 Å². The second-order valence-corrected chi connectivity index (χ2v) is 3.32. The second kappa shape index (κ2) is 9.38. The Hall–Kier alpha value is 1.01. The van der Waals surface area contributed by atoms with Crippen molar-refractivity contribution >= 4 is 32.2 Å². The quantitative estimate of drug-likeness (QED) is 0.551. The molecule has 2 heteroatoms. The fourth-order valence-corrected chi connectivity index (χ4v) is 0.866. The molecule has 0 aliphatic carbocycles. The summed E-state index contributed by atoms with van der Waals surface area (Å²) in [6.45, 7) is 4.50. The van der Waals surface area contributed by atoms with Gasteiger partial charge >= 0.3 is 0 Å². The predicted octanol–water partition coefficient (Wildman–Crippen LogP) is 2.14. The van der Waals surface area contributed by atoms with Gasteiger partial charge in [-0.25, -0.2) is 0 Å². The molecule has 0 amide bonds. The first kappa shape index (κ1) is 10.1. The van der Waals surface area contributed by atoms with Crippen molar-refractivity contribution in [1.29, 1.82) is 0 Å². The fourth-order valence-electron chi connectivity index (χ4n) is 0.289. The van der Waals surface area contributed by atoms with Gasteiger partial charge in [0, 0.05) is 0 Å². The van der Waals surface area contributed by atoms with E-state index in [0.717, 1.165) is 15.2 Å². The molecule has 0 saturated heterocycles. The van der Waals surface area contributed by atoms with Crippen LogP contribution in [0.5, 0.6) is 0 Å². The summed E-state index contributed by atoms with van der Waals surface area (Å²) in [7, 11) is 0. The van der Waals surface area contributed by atoms with Crippen molar-refractivity contribution in [2.45, 2.75) is 24.4 Å². The Kier molecular flexibility index (Phi) is 15.8. The van der Waals surface area contributed by atoms with Crippen molar-refractivity contribution in [1.82, 2.24) is 0 Å². The molecule has 0 aliphatic heterocycles. The van der Waals surface area contributed by atoms with Gasteiger partial charge in [-0.05, 0) is 0 Å². The molecule has 6 heavy (non-hydrogen) atoms. The normalized spacial score (nSPS) is 6.33. The molecule has 0 heterocycles. The highest BCUT2D eigenvalue weighted by molar-refractivity contribution is 8.93. The smallest absolute Gasteiger partial charge is 0.114 e. The first-order valence-electron chi connectivity index (χ1n) is 2.23. The fraction of sp³-hybridized carbons (Fsp3) is 1.00. The van der Waals surface area contributed by atoms with Crippen LogP contribution in [-0.4, -0.2) is 15.2 Å². The molecular formula is C4H11AlBr. The number of rotatable bonds is 2. The maximum absolute atomic E-state index is 2.25. The van der Waals surface area contributed by atoms with E-state index in [2.05, 4.69) is 13.8 Å². The van der Waals surface area contributed by atoms with Gasteiger partial charge in [0.1, 0.15) is 0 Å². The molecule has 0 fully saturated rings. The minimum Gasteiger partial charge on any atom is -0.114 e. The highest BCUT2D eigenvalue weighted by atomic mass is 79.9. The lowest BCUT2D eigenvalue weighted by Crippen LogP contribution is -1.76. The van der Waals surface area contributed by atoms with Gasteiger partial charge in [-0.15, -0.1) is 27.5 Å². The molecule has 0 N–H and O–H groups in total. The summed E-state index contributed by atoms with van der Waals surface area (Å²) in [6, 6.07) is 0. The lowest BCUT2D eigenvalue weighted by Gasteiger charge is -1.74. The summed E-state index contributed by atoms with van der Waals surface area (Å²) >= 11 is 0.815. The van der Waals surface area contributed by atoms with E-state index in [0.29, 0.717) is 0 Å². The van der Waals surface area contributed by atoms with E-state index < -0.39 is 0 Å². The lowest BCUT2D eigenvalue weighted by atomic mass is 10.9. The molecule has 0 saturated carbocycles. The topological polar surface area (TPSA) is 0 Å². The molecule has 0 rings (SSSR count). The van der Waals surface area contributed by atoms with E-state index in [1.54, 1.807) is 0 Å². The maximum atomic E-state index is 2.25. The Bertz CT molecular complexity index is 15.0. The van der Waals surface area contributed by atoms with Crippen LogP contribution >= 0.6 is 17.0 Å². The van der Waals surface area contributed by atoms with E-state index in [-0.39, 0.29) is 17.0 Å². The van der Waals surface area contributed by atoms with Crippen molar-refractivity contribution in [3.63, 3.8) is 0 Å². The molecule has 0 unspecified atom stereocenters. The third-order valence-corrected chi connectivity index (χ3v) is 1.73. The van der Waals surface area contributed by atoms with Crippen molar-refractivity contribution in [2.24, 2.45) is 0 Å². The Balaban J connectivity index is 0. The highest BCUT2D eigenvalue weighted by Gasteiger charge is 1.74. The van der Waals surface area contributed by atoms with Gasteiger partial charge in [-0.3, -0.25) is 0 Å². The van der Waals surface area contributed by atoms with Gasteiger partial charge < -0.3 is 0 Å². The Morgan fingerprint density at radius 1 is 1.17 bits per heavy atom. The van der Waals surface area contributed by atoms with Gasteiger partial charge in [0.05, 0.1) is 0 Å². The van der Waals surface area contributed by atoms with Crippen molar-refractivity contribution < 1.29 is 0 Å². The molecule has 0 bridgehead atoms. The first-order valence-corrected chi connectivity index (χ1v) is 3.86. The third-order valence-electron chi connectivity index (χ3n) is 0.577. The Labute approximate surface area is 56.8 Å². The second-order valence-electron chi connectivity index (χ2n) is 1.11. The Morgan fingerprint density at radius 2 is 1.50 bits per heavy atom. The first-order chi connectivity index (χ1) is 2.41. The van der Waals surface area contributed by atoms with Crippen LogP contribution in [0.2, 0.25) is 10.6 Å². The van der Waals surface area contributed by atoms with Gasteiger partial charge in [0.2, 0.25) is 0 Å². The average Bonchev–Trinajstić information content (AvgIpc) is 1.41. The van der Waals surface area contributed by atoms with Crippen LogP contribution in [0.4, 0.5) is 0 Å². The maximum Gasteiger partial charge on any atom is 0.198 e. The molecule has 37 valence electrons. The average molecular weight is 166 g/mol. The zero-order valence-electron chi connectivity index (χ0n) is 4.40. The number of hydrogen-bond donors (Lipinski definition) is 0. The summed E-state index contributed by atoms with van der Waals surface area (Å²) in [6.07, 6.45) is 0. The molecule has 0 spiro atoms. The molecule has 0 atom stereocenters. The van der Waals surface area contributed by atoms with Crippen molar-refractivity contribution in [2.75, 3.05) is 0 Å². The zero-order valence-corrected chi connectivity index (χ0v) is 7.27. The minimum absolute atomic E-state index is 0. The molecule has 0 aromatic rings. The van der Waals surface area contributed by atoms with Gasteiger partial charge in [-0.2, -0.15) is 0 Å². The van der Waals surface area contributed by atoms with Crippen LogP contribution in [0, 0.1) is 0 Å². The van der Waals surface area contributed by atoms with Gasteiger partial charge in [0.15, 0.2) is 15.2 Å². The van der Waals surface area contributed by atoms with Crippen LogP contribution < -0.4 is 0 Å². The predicted molar refractivity (Wildman–Crippen MR) is 37.0 cm³/mol. The van der Waals surface area contributed by atoms with Crippen LogP contribution in [-0.2, 0) is 0 Å². The molecule has 0 aromatic carbocycles. The van der Waals surface area contributed by atoms with Crippen LogP contribution in [0.1, 0.15) is 13.8 Å². The monoisotopic (exact) mass is 165 g/mol. The third kappa shape index (κ3) is 8.89. The SMILES string of the molecule is Br.C[CH2][Al][CH2]C. The van der Waals surface area contributed by atoms with Crippen LogP contribution in [0.15, 0.2) is 0 Å². The summed E-state index contributed by atoms with van der Waals surface area (Å²) in [4.78, 5) is 0. The number of hydrogen-bond acceptors (Lipinski definition) is 0. The minimum atomic E-state index is 0. The van der Waals surface area contributed by atoms with Crippen molar-refractivity contribution in [3.8, 4) is 0 Å². The van der Waals surface area contributed by atoms with Gasteiger partial charge in [-0.1, -0.05) is 13.8 Å². The van der Waals surface area contributed by atoms with Crippen molar-refractivity contribution in [3.05, 3.63) is 0 Å². The Morgan fingerprint density at radius 3 is 1.50 bits per heavy atom. The summed E-state index contributed by atoms with van der Waals surface area (Å²) in [5.41, 5.74) is 0. The molecule has 1 radical (unpaired) electrons. The van der Waals surface area contributed by atoms with E-state index in [1.165, 1.54) is 10.6 Å². The van der Waals surface area contributed by atoms with E-state index in [1.807, 2.05) is 0 Å². The summed E-state index contributed by atoms with van der Waals surface area (Å²) in [5.74, 6) is 0. The van der Waals surface area contributed by atoms with Gasteiger partial charge in [0.25, 0.3) is 0 Å². The highest BCUT2D eigenvalue weighted by Crippen LogP contribution is 1.77. The largest absolute Gasteiger partial charge is 0.198 e. The molecular weight excluding hydrogens is 155 g/mol. The van der Waals surface area contributed by atoms with Crippen LogP contribution in [0.25, 0.3) is 0 Å².